The highest BCUT2D eigenvalue weighted by Crippen LogP contribution is 2.50. The van der Waals surface area contributed by atoms with E-state index >= 15 is 0 Å². The molecule has 1 aromatic carbocycles. The summed E-state index contributed by atoms with van der Waals surface area (Å²) in [4.78, 5) is 14.9. The standard InChI is InChI=1S/C24H30N2O5S/c1-32(28,29)26-10-7-24(8-11-26)13-21(14-24)31-23-17-30-20(12-22(23)27)16-25-9-6-18-4-2-3-5-19(18)15-25/h2-5,12,17,21H,6-11,13-16H2,1H3. The summed E-state index contributed by atoms with van der Waals surface area (Å²) >= 11 is 0. The predicted octanol–water partition coefficient (Wildman–Crippen LogP) is 2.78. The van der Waals surface area contributed by atoms with Crippen molar-refractivity contribution >= 4 is 10.0 Å². The van der Waals surface area contributed by atoms with Gasteiger partial charge >= 0.3 is 0 Å². The van der Waals surface area contributed by atoms with Crippen LogP contribution in [0.4, 0.5) is 0 Å². The van der Waals surface area contributed by atoms with Crippen molar-refractivity contribution < 1.29 is 17.6 Å². The number of sulfonamides is 1. The zero-order valence-electron chi connectivity index (χ0n) is 18.5. The van der Waals surface area contributed by atoms with Gasteiger partial charge < -0.3 is 9.15 Å². The summed E-state index contributed by atoms with van der Waals surface area (Å²) in [6.45, 7) is 3.55. The molecule has 7 nitrogen and oxygen atoms in total. The minimum absolute atomic E-state index is 0.00729. The van der Waals surface area contributed by atoms with E-state index in [-0.39, 0.29) is 22.7 Å². The van der Waals surface area contributed by atoms with Gasteiger partial charge in [-0.25, -0.2) is 12.7 Å². The first-order valence-corrected chi connectivity index (χ1v) is 13.2. The molecule has 1 aromatic heterocycles. The second-order valence-corrected chi connectivity index (χ2v) is 11.6. The largest absolute Gasteiger partial charge is 0.483 e. The van der Waals surface area contributed by atoms with Crippen LogP contribution in [0.25, 0.3) is 0 Å². The fourth-order valence-electron chi connectivity index (χ4n) is 5.39. The van der Waals surface area contributed by atoms with E-state index in [2.05, 4.69) is 29.2 Å². The molecule has 2 aromatic rings. The van der Waals surface area contributed by atoms with Gasteiger partial charge in [0.2, 0.25) is 21.2 Å². The molecular weight excluding hydrogens is 428 g/mol. The van der Waals surface area contributed by atoms with Crippen molar-refractivity contribution in [2.24, 2.45) is 5.41 Å². The van der Waals surface area contributed by atoms with Gasteiger partial charge in [-0.3, -0.25) is 9.69 Å². The zero-order valence-corrected chi connectivity index (χ0v) is 19.3. The highest BCUT2D eigenvalue weighted by atomic mass is 32.2. The molecule has 0 bridgehead atoms. The fraction of sp³-hybridized carbons (Fsp3) is 0.542. The molecule has 1 saturated heterocycles. The van der Waals surface area contributed by atoms with E-state index in [0.29, 0.717) is 25.4 Å². The zero-order chi connectivity index (χ0) is 22.3. The number of hydrogen-bond acceptors (Lipinski definition) is 6. The Labute approximate surface area is 189 Å². The van der Waals surface area contributed by atoms with Crippen LogP contribution in [0, 0.1) is 5.41 Å². The van der Waals surface area contributed by atoms with Gasteiger partial charge in [-0.2, -0.15) is 0 Å². The number of fused-ring (bicyclic) bond motifs is 1. The Hall–Kier alpha value is -2.16. The quantitative estimate of drug-likeness (QED) is 0.686. The lowest BCUT2D eigenvalue weighted by Gasteiger charge is -2.51. The lowest BCUT2D eigenvalue weighted by molar-refractivity contribution is -0.0458. The van der Waals surface area contributed by atoms with Gasteiger partial charge in [0, 0.05) is 32.2 Å². The van der Waals surface area contributed by atoms with Crippen molar-refractivity contribution in [1.29, 1.82) is 0 Å². The van der Waals surface area contributed by atoms with Crippen molar-refractivity contribution in [3.63, 3.8) is 0 Å². The van der Waals surface area contributed by atoms with Crippen molar-refractivity contribution in [3.05, 3.63) is 63.7 Å². The summed E-state index contributed by atoms with van der Waals surface area (Å²) in [5.74, 6) is 0.922. The van der Waals surface area contributed by atoms with Crippen molar-refractivity contribution in [2.75, 3.05) is 25.9 Å². The van der Waals surface area contributed by atoms with E-state index in [1.807, 2.05) is 0 Å². The highest BCUT2D eigenvalue weighted by Gasteiger charge is 2.48. The van der Waals surface area contributed by atoms with Crippen molar-refractivity contribution in [3.8, 4) is 5.75 Å². The Morgan fingerprint density at radius 3 is 2.53 bits per heavy atom. The van der Waals surface area contributed by atoms with E-state index in [4.69, 9.17) is 9.15 Å². The van der Waals surface area contributed by atoms with E-state index in [1.165, 1.54) is 23.6 Å². The van der Waals surface area contributed by atoms with Crippen LogP contribution in [0.2, 0.25) is 0 Å². The first-order valence-electron chi connectivity index (χ1n) is 11.3. The molecular formula is C24H30N2O5S. The molecule has 3 heterocycles. The molecule has 2 aliphatic heterocycles. The summed E-state index contributed by atoms with van der Waals surface area (Å²) in [6.07, 6.45) is 7.15. The van der Waals surface area contributed by atoms with Crippen LogP contribution in [0.1, 0.15) is 42.6 Å². The van der Waals surface area contributed by atoms with Crippen LogP contribution in [0.3, 0.4) is 0 Å². The van der Waals surface area contributed by atoms with Gasteiger partial charge in [0.1, 0.15) is 18.1 Å². The molecule has 2 fully saturated rings. The first-order chi connectivity index (χ1) is 15.3. The van der Waals surface area contributed by atoms with Crippen LogP contribution in [0.15, 0.2) is 45.8 Å². The van der Waals surface area contributed by atoms with Crippen molar-refractivity contribution in [2.45, 2.75) is 51.3 Å². The second-order valence-electron chi connectivity index (χ2n) is 9.61. The second kappa shape index (κ2) is 8.32. The van der Waals surface area contributed by atoms with Crippen LogP contribution >= 0.6 is 0 Å². The van der Waals surface area contributed by atoms with E-state index in [1.54, 1.807) is 10.4 Å². The Morgan fingerprint density at radius 2 is 1.84 bits per heavy atom. The maximum absolute atomic E-state index is 12.6. The first kappa shape index (κ1) is 21.7. The van der Waals surface area contributed by atoms with Crippen LogP contribution in [-0.4, -0.2) is 49.6 Å². The van der Waals surface area contributed by atoms with Gasteiger partial charge in [0.15, 0.2) is 0 Å². The number of piperidine rings is 1. The molecule has 0 amide bonds. The smallest absolute Gasteiger partial charge is 0.227 e. The van der Waals surface area contributed by atoms with Crippen LogP contribution in [0.5, 0.6) is 5.75 Å². The third-order valence-electron chi connectivity index (χ3n) is 7.31. The minimum atomic E-state index is -3.11. The summed E-state index contributed by atoms with van der Waals surface area (Å²) in [7, 11) is -3.11. The maximum Gasteiger partial charge on any atom is 0.227 e. The topological polar surface area (TPSA) is 80.1 Å². The molecule has 1 spiro atoms. The van der Waals surface area contributed by atoms with E-state index in [9.17, 15) is 13.2 Å². The molecule has 0 unspecified atom stereocenters. The highest BCUT2D eigenvalue weighted by molar-refractivity contribution is 7.88. The van der Waals surface area contributed by atoms with Gasteiger partial charge in [0.05, 0.1) is 12.8 Å². The lowest BCUT2D eigenvalue weighted by Crippen LogP contribution is -2.51. The third-order valence-corrected chi connectivity index (χ3v) is 8.61. The monoisotopic (exact) mass is 458 g/mol. The maximum atomic E-state index is 12.6. The van der Waals surface area contributed by atoms with Crippen LogP contribution < -0.4 is 10.2 Å². The lowest BCUT2D eigenvalue weighted by atomic mass is 9.62. The summed E-state index contributed by atoms with van der Waals surface area (Å²) in [6, 6.07) is 10.0. The summed E-state index contributed by atoms with van der Waals surface area (Å²) in [5.41, 5.74) is 2.74. The van der Waals surface area contributed by atoms with E-state index < -0.39 is 10.0 Å². The third kappa shape index (κ3) is 4.49. The molecule has 0 N–H and O–H groups in total. The van der Waals surface area contributed by atoms with Gasteiger partial charge in [-0.05, 0) is 48.6 Å². The van der Waals surface area contributed by atoms with Gasteiger partial charge in [-0.15, -0.1) is 0 Å². The number of hydrogen-bond donors (Lipinski definition) is 0. The molecule has 8 heteroatoms. The predicted molar refractivity (Wildman–Crippen MR) is 121 cm³/mol. The van der Waals surface area contributed by atoms with Gasteiger partial charge in [-0.1, -0.05) is 24.3 Å². The summed E-state index contributed by atoms with van der Waals surface area (Å²) in [5, 5.41) is 0. The van der Waals surface area contributed by atoms with Gasteiger partial charge in [0.25, 0.3) is 0 Å². The molecule has 1 aliphatic carbocycles. The molecule has 172 valence electrons. The Kier molecular flexibility index (Phi) is 5.63. The SMILES string of the molecule is CS(=O)(=O)N1CCC2(CC1)CC(Oc1coc(CN3CCc4ccccc4C3)cc1=O)C2. The Balaban J connectivity index is 1.14. The average molecular weight is 459 g/mol. The van der Waals surface area contributed by atoms with E-state index in [0.717, 1.165) is 45.2 Å². The number of benzene rings is 1. The average Bonchev–Trinajstić information content (AvgIpc) is 2.74. The Bertz CT molecular complexity index is 1140. The molecule has 0 radical (unpaired) electrons. The fourth-order valence-corrected chi connectivity index (χ4v) is 6.23. The molecule has 1 saturated carbocycles. The van der Waals surface area contributed by atoms with Crippen molar-refractivity contribution in [1.82, 2.24) is 9.21 Å². The number of ether oxygens (including phenoxy) is 1. The molecule has 3 aliphatic rings. The Morgan fingerprint density at radius 1 is 1.12 bits per heavy atom. The molecule has 5 rings (SSSR count). The normalized spacial score (nSPS) is 21.8. The van der Waals surface area contributed by atoms with Crippen LogP contribution in [-0.2, 0) is 29.5 Å². The summed E-state index contributed by atoms with van der Waals surface area (Å²) < 4.78 is 36.7. The number of nitrogens with zero attached hydrogens (tertiary/aromatic N) is 2. The number of rotatable bonds is 5. The molecule has 0 atom stereocenters. The minimum Gasteiger partial charge on any atom is -0.483 e. The molecule has 32 heavy (non-hydrogen) atoms.